The molecule has 2 aromatic carbocycles. The Kier molecular flexibility index (Phi) is 8.67. The van der Waals surface area contributed by atoms with Crippen molar-refractivity contribution in [2.75, 3.05) is 53.5 Å². The number of aliphatic hydroxyl groups excluding tert-OH is 1. The fourth-order valence-electron chi connectivity index (χ4n) is 5.55. The zero-order chi connectivity index (χ0) is 29.2. The highest BCUT2D eigenvalue weighted by atomic mass is 32.2. The average molecular weight is 601 g/mol. The van der Waals surface area contributed by atoms with E-state index in [2.05, 4.69) is 9.71 Å². The molecule has 1 unspecified atom stereocenters. The maximum Gasteiger partial charge on any atom is 0.265 e. The molecule has 0 radical (unpaired) electrons. The van der Waals surface area contributed by atoms with Crippen LogP contribution in [0.3, 0.4) is 0 Å². The van der Waals surface area contributed by atoms with Crippen molar-refractivity contribution in [1.82, 2.24) is 19.5 Å². The third-order valence-electron chi connectivity index (χ3n) is 7.75. The number of piperidine rings is 1. The number of carbonyl (C=O) groups is 1. The Morgan fingerprint density at radius 2 is 1.95 bits per heavy atom. The number of hydrogen-bond donors (Lipinski definition) is 2. The summed E-state index contributed by atoms with van der Waals surface area (Å²) in [5, 5.41) is 11.5. The molecule has 2 aliphatic rings. The Labute approximate surface area is 245 Å². The first-order valence-electron chi connectivity index (χ1n) is 13.6. The number of likely N-dealkylation sites (N-methyl/N-ethyl adjacent to an activating group) is 1. The van der Waals surface area contributed by atoms with Crippen LogP contribution in [0.15, 0.2) is 53.6 Å². The number of ether oxygens (including phenoxy) is 2. The zero-order valence-corrected chi connectivity index (χ0v) is 25.1. The molecule has 10 nitrogen and oxygen atoms in total. The van der Waals surface area contributed by atoms with Gasteiger partial charge in [-0.05, 0) is 62.2 Å². The Morgan fingerprint density at radius 3 is 2.66 bits per heavy atom. The predicted octanol–water partition coefficient (Wildman–Crippen LogP) is 3.01. The van der Waals surface area contributed by atoms with Gasteiger partial charge in [0.1, 0.15) is 21.3 Å². The molecule has 1 aromatic heterocycles. The van der Waals surface area contributed by atoms with Gasteiger partial charge in [0.2, 0.25) is 10.0 Å². The van der Waals surface area contributed by atoms with Crippen molar-refractivity contribution in [3.8, 4) is 22.6 Å². The largest absolute Gasteiger partial charge is 0.497 e. The molecule has 1 fully saturated rings. The Balaban J connectivity index is 1.45. The van der Waals surface area contributed by atoms with Gasteiger partial charge in [0.15, 0.2) is 0 Å². The van der Waals surface area contributed by atoms with E-state index < -0.39 is 16.1 Å². The summed E-state index contributed by atoms with van der Waals surface area (Å²) in [5.74, 6) is 0.915. The Bertz CT molecular complexity index is 1500. The molecule has 0 saturated carbocycles. The third-order valence-corrected chi connectivity index (χ3v) is 10.1. The normalized spacial score (nSPS) is 21.3. The van der Waals surface area contributed by atoms with Gasteiger partial charge in [-0.3, -0.25) is 4.79 Å². The summed E-state index contributed by atoms with van der Waals surface area (Å²) in [6.07, 6.45) is 2.09. The van der Waals surface area contributed by atoms with Gasteiger partial charge in [-0.15, -0.1) is 11.3 Å². The number of thiazole rings is 1. The van der Waals surface area contributed by atoms with Crippen LogP contribution >= 0.6 is 11.3 Å². The van der Waals surface area contributed by atoms with Crippen LogP contribution in [-0.4, -0.2) is 93.8 Å². The number of rotatable bonds is 3. The van der Waals surface area contributed by atoms with Gasteiger partial charge in [-0.2, -0.15) is 0 Å². The number of aliphatic hydroxyl groups is 1. The van der Waals surface area contributed by atoms with Crippen LogP contribution in [-0.2, 0) is 10.0 Å². The van der Waals surface area contributed by atoms with E-state index in [0.29, 0.717) is 49.6 Å². The lowest BCUT2D eigenvalue weighted by molar-refractivity contribution is 0.0161. The quantitative estimate of drug-likeness (QED) is 0.471. The van der Waals surface area contributed by atoms with E-state index >= 15 is 0 Å². The van der Waals surface area contributed by atoms with E-state index in [0.717, 1.165) is 16.1 Å². The van der Waals surface area contributed by atoms with Crippen molar-refractivity contribution in [3.05, 3.63) is 58.5 Å². The molecule has 220 valence electrons. The predicted molar refractivity (Wildman–Crippen MR) is 157 cm³/mol. The molecule has 1 saturated heterocycles. The highest BCUT2D eigenvalue weighted by Crippen LogP contribution is 2.37. The molecule has 12 heteroatoms. The second-order valence-electron chi connectivity index (χ2n) is 10.9. The monoisotopic (exact) mass is 600 g/mol. The van der Waals surface area contributed by atoms with Crippen LogP contribution in [0, 0.1) is 12.3 Å². The van der Waals surface area contributed by atoms with Gasteiger partial charge in [0.05, 0.1) is 31.0 Å². The van der Waals surface area contributed by atoms with Crippen LogP contribution in [0.25, 0.3) is 11.1 Å². The second kappa shape index (κ2) is 12.1. The molecule has 1 spiro atoms. The first kappa shape index (κ1) is 29.5. The van der Waals surface area contributed by atoms with Crippen LogP contribution in [0.1, 0.15) is 27.5 Å². The van der Waals surface area contributed by atoms with Crippen molar-refractivity contribution in [1.29, 1.82) is 0 Å². The molecule has 2 aliphatic heterocycles. The van der Waals surface area contributed by atoms with E-state index in [-0.39, 0.29) is 35.1 Å². The summed E-state index contributed by atoms with van der Waals surface area (Å²) in [5.41, 5.74) is 1.30. The lowest BCUT2D eigenvalue weighted by atomic mass is 9.78. The summed E-state index contributed by atoms with van der Waals surface area (Å²) in [4.78, 5) is 21.8. The first-order chi connectivity index (χ1) is 19.6. The number of β-amino-alcohol motifs (C(OH)–C–C–N with tert-alkyl or cyclic N) is 1. The van der Waals surface area contributed by atoms with Gasteiger partial charge in [-0.1, -0.05) is 18.2 Å². The highest BCUT2D eigenvalue weighted by molar-refractivity contribution is 7.89. The Hall–Kier alpha value is -3.03. The van der Waals surface area contributed by atoms with E-state index in [4.69, 9.17) is 9.47 Å². The van der Waals surface area contributed by atoms with E-state index in [1.54, 1.807) is 31.5 Å². The minimum atomic E-state index is -3.96. The number of nitrogens with one attached hydrogen (secondary N) is 1. The number of likely N-dealkylation sites (tertiary alicyclic amines) is 1. The van der Waals surface area contributed by atoms with Crippen LogP contribution in [0.4, 0.5) is 0 Å². The fourth-order valence-corrected chi connectivity index (χ4v) is 7.49. The molecule has 41 heavy (non-hydrogen) atoms. The van der Waals surface area contributed by atoms with Gasteiger partial charge in [-0.25, -0.2) is 18.1 Å². The number of carbonyl (C=O) groups excluding carboxylic acids is 1. The number of aryl methyl sites for hydroxylation is 1. The molecule has 1 atom stereocenters. The van der Waals surface area contributed by atoms with E-state index in [9.17, 15) is 18.3 Å². The van der Waals surface area contributed by atoms with Crippen LogP contribution < -0.4 is 14.2 Å². The Morgan fingerprint density at radius 1 is 1.20 bits per heavy atom. The number of nitrogens with zero attached hydrogens (tertiary/aromatic N) is 3. The molecular weight excluding hydrogens is 564 g/mol. The minimum Gasteiger partial charge on any atom is -0.497 e. The molecule has 0 bridgehead atoms. The summed E-state index contributed by atoms with van der Waals surface area (Å²) in [6.45, 7) is 4.05. The van der Waals surface area contributed by atoms with E-state index in [1.165, 1.54) is 11.3 Å². The average Bonchev–Trinajstić information content (AvgIpc) is 3.40. The maximum absolute atomic E-state index is 13.3. The lowest BCUT2D eigenvalue weighted by Gasteiger charge is -2.44. The number of hydrogen-bond acceptors (Lipinski definition) is 9. The van der Waals surface area contributed by atoms with Crippen molar-refractivity contribution in [3.63, 3.8) is 0 Å². The SMILES string of the molecule is COc1cccc(-c2ccc3c(c2)OCC2(CCN(C(=O)c4cnc(C)s4)CC2)CN(C)CC(O)CNS3(=O)=O)c1. The number of amides is 1. The van der Waals surface area contributed by atoms with E-state index in [1.807, 2.05) is 48.0 Å². The standard InChI is InChI=1S/C29H36N4O6S2/c1-20-30-16-26(40-20)28(35)33-11-9-29(10-12-33)18-32(2)17-23(34)15-31-41(36,37)27-8-7-22(14-25(27)39-19-29)21-5-4-6-24(13-21)38-3/h4-8,13-14,16,23,31,34H,9-12,15,17-19H2,1-3H3. The lowest BCUT2D eigenvalue weighted by Crippen LogP contribution is -2.51. The summed E-state index contributed by atoms with van der Waals surface area (Å²) >= 11 is 1.39. The molecule has 3 heterocycles. The van der Waals surface area contributed by atoms with Crippen LogP contribution in [0.2, 0.25) is 0 Å². The highest BCUT2D eigenvalue weighted by Gasteiger charge is 2.39. The molecule has 1 amide bonds. The van der Waals surface area contributed by atoms with Gasteiger partial charge in [0.25, 0.3) is 5.91 Å². The molecule has 3 aromatic rings. The number of methoxy groups -OCH3 is 1. The number of fused-ring (bicyclic) bond motifs is 1. The van der Waals surface area contributed by atoms with Crippen molar-refractivity contribution >= 4 is 27.3 Å². The minimum absolute atomic E-state index is 0.0197. The maximum atomic E-state index is 13.3. The van der Waals surface area contributed by atoms with Crippen molar-refractivity contribution in [2.24, 2.45) is 5.41 Å². The number of aromatic nitrogens is 1. The summed E-state index contributed by atoms with van der Waals surface area (Å²) in [7, 11) is -0.446. The van der Waals surface area contributed by atoms with Gasteiger partial charge >= 0.3 is 0 Å². The smallest absolute Gasteiger partial charge is 0.265 e. The van der Waals surface area contributed by atoms with Crippen molar-refractivity contribution < 1.29 is 27.8 Å². The number of benzene rings is 2. The van der Waals surface area contributed by atoms with Crippen molar-refractivity contribution in [2.45, 2.75) is 30.8 Å². The number of sulfonamides is 1. The van der Waals surface area contributed by atoms with Crippen LogP contribution in [0.5, 0.6) is 11.5 Å². The zero-order valence-electron chi connectivity index (χ0n) is 23.5. The molecule has 5 rings (SSSR count). The fraction of sp³-hybridized carbons (Fsp3) is 0.448. The second-order valence-corrected chi connectivity index (χ2v) is 13.9. The van der Waals surface area contributed by atoms with Gasteiger partial charge < -0.3 is 24.4 Å². The third kappa shape index (κ3) is 6.73. The summed E-state index contributed by atoms with van der Waals surface area (Å²) < 4.78 is 41.0. The molecule has 2 N–H and O–H groups in total. The molecule has 0 aliphatic carbocycles. The van der Waals surface area contributed by atoms with Gasteiger partial charge in [0, 0.05) is 38.1 Å². The topological polar surface area (TPSA) is 121 Å². The molecular formula is C29H36N4O6S2. The summed E-state index contributed by atoms with van der Waals surface area (Å²) in [6, 6.07) is 12.6. The first-order valence-corrected chi connectivity index (χ1v) is 15.9.